The third-order valence-electron chi connectivity index (χ3n) is 1.70. The van der Waals surface area contributed by atoms with Gasteiger partial charge in [0.05, 0.1) is 14.2 Å². The summed E-state index contributed by atoms with van der Waals surface area (Å²) in [7, 11) is -1.65. The molecule has 0 bridgehead atoms. The predicted molar refractivity (Wildman–Crippen MR) is 54.3 cm³/mol. The van der Waals surface area contributed by atoms with Gasteiger partial charge in [0, 0.05) is 0 Å². The van der Waals surface area contributed by atoms with Gasteiger partial charge < -0.3 is 4.74 Å². The van der Waals surface area contributed by atoms with Crippen molar-refractivity contribution in [2.75, 3.05) is 14.2 Å². The van der Waals surface area contributed by atoms with Gasteiger partial charge >= 0.3 is 16.3 Å². The van der Waals surface area contributed by atoms with Crippen LogP contribution in [0.5, 0.6) is 0 Å². The average molecular weight is 239 g/mol. The molecule has 7 heteroatoms. The lowest BCUT2D eigenvalue weighted by atomic mass is 10.1. The number of methoxy groups -OCH3 is 1. The third-order valence-corrected chi connectivity index (χ3v) is 2.71. The van der Waals surface area contributed by atoms with Gasteiger partial charge in [0.2, 0.25) is 0 Å². The minimum Gasteiger partial charge on any atom is -0.468 e. The van der Waals surface area contributed by atoms with E-state index in [0.717, 1.165) is 7.11 Å². The second-order valence-electron chi connectivity index (χ2n) is 3.44. The summed E-state index contributed by atoms with van der Waals surface area (Å²) in [5, 5.41) is 0. The van der Waals surface area contributed by atoms with Crippen LogP contribution in [0, 0.1) is 5.92 Å². The molecule has 0 amide bonds. The van der Waals surface area contributed by atoms with E-state index in [1.165, 1.54) is 7.11 Å². The summed E-state index contributed by atoms with van der Waals surface area (Å²) in [6.07, 6.45) is 0.356. The van der Waals surface area contributed by atoms with Crippen molar-refractivity contribution in [3.8, 4) is 0 Å². The average Bonchev–Trinajstić information content (AvgIpc) is 2.14. The van der Waals surface area contributed by atoms with E-state index in [2.05, 4.69) is 13.6 Å². The third kappa shape index (κ3) is 5.71. The molecule has 0 aromatic carbocycles. The molecule has 15 heavy (non-hydrogen) atoms. The van der Waals surface area contributed by atoms with Crippen molar-refractivity contribution in [2.45, 2.75) is 26.3 Å². The van der Waals surface area contributed by atoms with Crippen molar-refractivity contribution in [3.05, 3.63) is 0 Å². The summed E-state index contributed by atoms with van der Waals surface area (Å²) in [5.74, 6) is -0.460. The molecule has 0 saturated heterocycles. The van der Waals surface area contributed by atoms with Crippen LogP contribution in [0.25, 0.3) is 0 Å². The number of esters is 1. The van der Waals surface area contributed by atoms with Gasteiger partial charge in [-0.05, 0) is 12.3 Å². The van der Waals surface area contributed by atoms with Gasteiger partial charge in [-0.1, -0.05) is 13.8 Å². The van der Waals surface area contributed by atoms with E-state index in [4.69, 9.17) is 0 Å². The molecule has 0 aliphatic heterocycles. The highest BCUT2D eigenvalue weighted by atomic mass is 32.2. The van der Waals surface area contributed by atoms with Crippen molar-refractivity contribution in [1.29, 1.82) is 0 Å². The van der Waals surface area contributed by atoms with Crippen molar-refractivity contribution >= 4 is 16.3 Å². The maximum absolute atomic E-state index is 11.2. The fraction of sp³-hybridized carbons (Fsp3) is 0.875. The van der Waals surface area contributed by atoms with Crippen LogP contribution < -0.4 is 4.72 Å². The summed E-state index contributed by atoms with van der Waals surface area (Å²) in [6, 6.07) is -0.903. The van der Waals surface area contributed by atoms with Crippen LogP contribution in [0.4, 0.5) is 0 Å². The Kier molecular flexibility index (Phi) is 5.77. The number of carbonyl (C=O) groups is 1. The summed E-state index contributed by atoms with van der Waals surface area (Å²) in [5.41, 5.74) is 0. The van der Waals surface area contributed by atoms with Gasteiger partial charge in [-0.25, -0.2) is 0 Å². The molecule has 0 fully saturated rings. The van der Waals surface area contributed by atoms with E-state index < -0.39 is 22.3 Å². The zero-order valence-corrected chi connectivity index (χ0v) is 10.1. The lowest BCUT2D eigenvalue weighted by Gasteiger charge is -2.17. The van der Waals surface area contributed by atoms with Crippen LogP contribution in [-0.4, -0.2) is 34.6 Å². The molecular weight excluding hydrogens is 222 g/mol. The summed E-state index contributed by atoms with van der Waals surface area (Å²) >= 11 is 0. The quantitative estimate of drug-likeness (QED) is 0.662. The molecular formula is C8H17NO5S. The second-order valence-corrected chi connectivity index (χ2v) is 4.92. The van der Waals surface area contributed by atoms with Crippen LogP contribution in [0.1, 0.15) is 20.3 Å². The zero-order chi connectivity index (χ0) is 12.1. The number of nitrogens with one attached hydrogen (secondary N) is 1. The van der Waals surface area contributed by atoms with Gasteiger partial charge in [0.25, 0.3) is 0 Å². The molecule has 0 aliphatic carbocycles. The topological polar surface area (TPSA) is 81.7 Å². The molecule has 0 heterocycles. The number of carbonyl (C=O) groups excluding carboxylic acids is 1. The molecule has 6 nitrogen and oxygen atoms in total. The molecule has 0 unspecified atom stereocenters. The van der Waals surface area contributed by atoms with E-state index >= 15 is 0 Å². The first-order valence-electron chi connectivity index (χ1n) is 4.48. The Morgan fingerprint density at radius 3 is 2.20 bits per heavy atom. The highest BCUT2D eigenvalue weighted by molar-refractivity contribution is 7.84. The van der Waals surface area contributed by atoms with Crippen LogP contribution >= 0.6 is 0 Å². The maximum atomic E-state index is 11.2. The highest BCUT2D eigenvalue weighted by Crippen LogP contribution is 2.07. The molecule has 0 radical (unpaired) electrons. The Hall–Kier alpha value is -0.660. The summed E-state index contributed by atoms with van der Waals surface area (Å²) < 4.78 is 32.9. The van der Waals surface area contributed by atoms with Gasteiger partial charge in [-0.2, -0.15) is 13.1 Å². The maximum Gasteiger partial charge on any atom is 0.336 e. The van der Waals surface area contributed by atoms with Gasteiger partial charge in [-0.3, -0.25) is 8.98 Å². The Bertz CT molecular complexity index is 298. The largest absolute Gasteiger partial charge is 0.468 e. The fourth-order valence-corrected chi connectivity index (χ4v) is 1.67. The lowest BCUT2D eigenvalue weighted by molar-refractivity contribution is -0.143. The number of hydrogen-bond acceptors (Lipinski definition) is 5. The number of ether oxygens (including phenoxy) is 1. The van der Waals surface area contributed by atoms with Crippen molar-refractivity contribution in [2.24, 2.45) is 5.92 Å². The Morgan fingerprint density at radius 1 is 1.33 bits per heavy atom. The van der Waals surface area contributed by atoms with Crippen molar-refractivity contribution < 1.29 is 22.1 Å². The van der Waals surface area contributed by atoms with Gasteiger partial charge in [0.1, 0.15) is 6.04 Å². The minimum absolute atomic E-state index is 0.161. The SMILES string of the molecule is COC(=O)[C@H](CC(C)C)NS(=O)(=O)OC. The molecule has 1 N–H and O–H groups in total. The zero-order valence-electron chi connectivity index (χ0n) is 9.31. The van der Waals surface area contributed by atoms with E-state index in [1.807, 2.05) is 13.8 Å². The number of hydrogen-bond donors (Lipinski definition) is 1. The first-order valence-corrected chi connectivity index (χ1v) is 5.89. The predicted octanol–water partition coefficient (Wildman–Crippen LogP) is 0.0549. The van der Waals surface area contributed by atoms with E-state index in [0.29, 0.717) is 6.42 Å². The smallest absolute Gasteiger partial charge is 0.336 e. The second kappa shape index (κ2) is 6.04. The van der Waals surface area contributed by atoms with Gasteiger partial charge in [-0.15, -0.1) is 0 Å². The Labute approximate surface area is 90.2 Å². The van der Waals surface area contributed by atoms with Crippen LogP contribution in [-0.2, 0) is 24.0 Å². The number of rotatable bonds is 6. The van der Waals surface area contributed by atoms with Crippen LogP contribution in [0.15, 0.2) is 0 Å². The molecule has 0 rings (SSSR count). The molecule has 0 spiro atoms. The first-order chi connectivity index (χ1) is 6.82. The van der Waals surface area contributed by atoms with E-state index in [9.17, 15) is 13.2 Å². The standard InChI is InChI=1S/C8H17NO5S/c1-6(2)5-7(8(10)13-3)9-15(11,12)14-4/h6-7,9H,5H2,1-4H3/t7-/m0/s1. The summed E-state index contributed by atoms with van der Waals surface area (Å²) in [4.78, 5) is 11.2. The van der Waals surface area contributed by atoms with Crippen LogP contribution in [0.3, 0.4) is 0 Å². The molecule has 1 atom stereocenters. The molecule has 90 valence electrons. The normalized spacial score (nSPS) is 13.9. The van der Waals surface area contributed by atoms with Gasteiger partial charge in [0.15, 0.2) is 0 Å². The Morgan fingerprint density at radius 2 is 1.87 bits per heavy atom. The highest BCUT2D eigenvalue weighted by Gasteiger charge is 2.25. The van der Waals surface area contributed by atoms with Crippen molar-refractivity contribution in [3.63, 3.8) is 0 Å². The Balaban J connectivity index is 4.58. The molecule has 0 aromatic rings. The molecule has 0 aliphatic rings. The van der Waals surface area contributed by atoms with Crippen LogP contribution in [0.2, 0.25) is 0 Å². The fourth-order valence-electron chi connectivity index (χ4n) is 1.03. The van der Waals surface area contributed by atoms with E-state index in [-0.39, 0.29) is 5.92 Å². The van der Waals surface area contributed by atoms with E-state index in [1.54, 1.807) is 0 Å². The van der Waals surface area contributed by atoms with Crippen molar-refractivity contribution in [1.82, 2.24) is 4.72 Å². The minimum atomic E-state index is -3.87. The lowest BCUT2D eigenvalue weighted by Crippen LogP contribution is -2.42. The molecule has 0 aromatic heterocycles. The monoisotopic (exact) mass is 239 g/mol. The first kappa shape index (κ1) is 14.3. The summed E-state index contributed by atoms with van der Waals surface area (Å²) in [6.45, 7) is 3.74. The molecule has 0 saturated carbocycles.